The van der Waals surface area contributed by atoms with Gasteiger partial charge in [0.15, 0.2) is 0 Å². The average molecular weight is 378 g/mol. The van der Waals surface area contributed by atoms with Crippen molar-refractivity contribution in [1.29, 1.82) is 0 Å². The number of rotatable bonds is 3. The predicted molar refractivity (Wildman–Crippen MR) is 108 cm³/mol. The van der Waals surface area contributed by atoms with Crippen molar-refractivity contribution in [3.63, 3.8) is 0 Å². The van der Waals surface area contributed by atoms with Crippen molar-refractivity contribution in [3.8, 4) is 34.6 Å². The van der Waals surface area contributed by atoms with Crippen molar-refractivity contribution >= 4 is 5.97 Å². The van der Waals surface area contributed by atoms with E-state index in [1.54, 1.807) is 36.7 Å². The monoisotopic (exact) mass is 378 g/mol. The van der Waals surface area contributed by atoms with Gasteiger partial charge in [-0.2, -0.15) is 0 Å². The van der Waals surface area contributed by atoms with Crippen molar-refractivity contribution in [2.45, 2.75) is 0 Å². The highest BCUT2D eigenvalue weighted by Gasteiger charge is 2.10. The summed E-state index contributed by atoms with van der Waals surface area (Å²) in [5.41, 5.74) is 3.48. The summed E-state index contributed by atoms with van der Waals surface area (Å²) in [6, 6.07) is 19.6. The lowest BCUT2D eigenvalue weighted by Crippen LogP contribution is -2.02. The Morgan fingerprint density at radius 2 is 1.41 bits per heavy atom. The third-order valence-electron chi connectivity index (χ3n) is 3.98. The molecule has 0 radical (unpaired) electrons. The van der Waals surface area contributed by atoms with Crippen LogP contribution in [-0.4, -0.2) is 31.0 Å². The molecule has 0 unspecified atom stereocenters. The van der Waals surface area contributed by atoms with Crippen LogP contribution >= 0.6 is 0 Å². The molecule has 0 aliphatic rings. The van der Waals surface area contributed by atoms with Crippen molar-refractivity contribution in [1.82, 2.24) is 19.9 Å². The second-order valence-electron chi connectivity index (χ2n) is 6.02. The van der Waals surface area contributed by atoms with Gasteiger partial charge in [0.1, 0.15) is 11.4 Å². The van der Waals surface area contributed by atoms with Crippen LogP contribution in [0.4, 0.5) is 0 Å². The van der Waals surface area contributed by atoms with Crippen molar-refractivity contribution in [2.24, 2.45) is 0 Å². The SMILES string of the molecule is O=C(O)c1cc(C#Cc2cccc(-c3ccccn3)n2)cc(-c2ccccn2)n1. The Labute approximate surface area is 167 Å². The summed E-state index contributed by atoms with van der Waals surface area (Å²) < 4.78 is 0. The van der Waals surface area contributed by atoms with E-state index in [0.717, 1.165) is 5.69 Å². The van der Waals surface area contributed by atoms with Crippen LogP contribution in [-0.2, 0) is 0 Å². The molecule has 0 fully saturated rings. The fourth-order valence-electron chi connectivity index (χ4n) is 2.66. The molecule has 6 heteroatoms. The number of nitrogens with zero attached hydrogens (tertiary/aromatic N) is 4. The van der Waals surface area contributed by atoms with Gasteiger partial charge < -0.3 is 5.11 Å². The maximum atomic E-state index is 11.5. The second-order valence-corrected chi connectivity index (χ2v) is 6.02. The summed E-state index contributed by atoms with van der Waals surface area (Å²) in [5, 5.41) is 9.38. The van der Waals surface area contributed by atoms with Crippen LogP contribution < -0.4 is 0 Å². The highest BCUT2D eigenvalue weighted by Crippen LogP contribution is 2.17. The Balaban J connectivity index is 1.71. The maximum Gasteiger partial charge on any atom is 0.354 e. The number of aromatic nitrogens is 4. The third-order valence-corrected chi connectivity index (χ3v) is 3.98. The molecule has 0 atom stereocenters. The van der Waals surface area contributed by atoms with E-state index >= 15 is 0 Å². The number of carboxylic acid groups (broad SMARTS) is 1. The molecule has 0 spiro atoms. The standard InChI is InChI=1S/C23H14N4O2/c28-23(29)22-15-16(14-21(27-22)19-8-2-4-13-25-19)10-11-17-6-5-9-20(26-17)18-7-1-3-12-24-18/h1-9,12-15H,(H,28,29). The summed E-state index contributed by atoms with van der Waals surface area (Å²) in [5.74, 6) is 4.84. The van der Waals surface area contributed by atoms with E-state index in [4.69, 9.17) is 0 Å². The molecule has 4 rings (SSSR count). The zero-order valence-electron chi connectivity index (χ0n) is 15.1. The zero-order valence-corrected chi connectivity index (χ0v) is 15.1. The van der Waals surface area contributed by atoms with Crippen LogP contribution in [0.3, 0.4) is 0 Å². The molecule has 29 heavy (non-hydrogen) atoms. The minimum atomic E-state index is -1.12. The maximum absolute atomic E-state index is 11.5. The lowest BCUT2D eigenvalue weighted by molar-refractivity contribution is 0.0690. The van der Waals surface area contributed by atoms with Gasteiger partial charge in [0.25, 0.3) is 0 Å². The largest absolute Gasteiger partial charge is 0.477 e. The number of carboxylic acids is 1. The molecule has 0 bridgehead atoms. The Kier molecular flexibility index (Phi) is 5.04. The molecular weight excluding hydrogens is 364 g/mol. The van der Waals surface area contributed by atoms with Crippen LogP contribution in [0.5, 0.6) is 0 Å². The van der Waals surface area contributed by atoms with E-state index in [1.807, 2.05) is 36.4 Å². The zero-order chi connectivity index (χ0) is 20.1. The third kappa shape index (κ3) is 4.31. The number of hydrogen-bond acceptors (Lipinski definition) is 5. The fraction of sp³-hybridized carbons (Fsp3) is 0. The molecule has 4 aromatic heterocycles. The number of carbonyl (C=O) groups is 1. The number of aromatic carboxylic acids is 1. The lowest BCUT2D eigenvalue weighted by Gasteiger charge is -2.03. The number of hydrogen-bond donors (Lipinski definition) is 1. The minimum Gasteiger partial charge on any atom is -0.477 e. The highest BCUT2D eigenvalue weighted by molar-refractivity contribution is 5.86. The molecule has 1 N–H and O–H groups in total. The van der Waals surface area contributed by atoms with Crippen molar-refractivity contribution in [3.05, 3.63) is 96.1 Å². The minimum absolute atomic E-state index is 0.0901. The molecule has 0 saturated carbocycles. The molecule has 0 aliphatic heterocycles. The molecular formula is C23H14N4O2. The second kappa shape index (κ2) is 8.11. The van der Waals surface area contributed by atoms with E-state index in [-0.39, 0.29) is 5.69 Å². The van der Waals surface area contributed by atoms with Gasteiger partial charge >= 0.3 is 5.97 Å². The molecule has 0 aliphatic carbocycles. The first-order valence-electron chi connectivity index (χ1n) is 8.76. The first kappa shape index (κ1) is 18.0. The van der Waals surface area contributed by atoms with E-state index in [9.17, 15) is 9.90 Å². The quantitative estimate of drug-likeness (QED) is 0.547. The molecule has 0 amide bonds. The summed E-state index contributed by atoms with van der Waals surface area (Å²) in [7, 11) is 0. The van der Waals surface area contributed by atoms with E-state index in [2.05, 4.69) is 31.8 Å². The van der Waals surface area contributed by atoms with E-state index < -0.39 is 5.97 Å². The molecule has 4 aromatic rings. The van der Waals surface area contributed by atoms with Gasteiger partial charge in [-0.05, 0) is 54.5 Å². The van der Waals surface area contributed by atoms with Crippen LogP contribution in [0.15, 0.2) is 79.1 Å². The first-order valence-corrected chi connectivity index (χ1v) is 8.76. The Morgan fingerprint density at radius 1 is 0.724 bits per heavy atom. The van der Waals surface area contributed by atoms with Gasteiger partial charge in [-0.25, -0.2) is 14.8 Å². The van der Waals surface area contributed by atoms with Crippen molar-refractivity contribution < 1.29 is 9.90 Å². The molecule has 138 valence electrons. The van der Waals surface area contributed by atoms with Crippen molar-refractivity contribution in [2.75, 3.05) is 0 Å². The lowest BCUT2D eigenvalue weighted by atomic mass is 10.1. The summed E-state index contributed by atoms with van der Waals surface area (Å²) in [6.07, 6.45) is 3.34. The van der Waals surface area contributed by atoms with Gasteiger partial charge in [0, 0.05) is 18.0 Å². The van der Waals surface area contributed by atoms with E-state index in [0.29, 0.717) is 28.3 Å². The normalized spacial score (nSPS) is 10.1. The summed E-state index contributed by atoms with van der Waals surface area (Å²) in [6.45, 7) is 0. The van der Waals surface area contributed by atoms with Gasteiger partial charge in [0.05, 0.1) is 22.8 Å². The Hall–Kier alpha value is -4.37. The van der Waals surface area contributed by atoms with Gasteiger partial charge in [-0.3, -0.25) is 9.97 Å². The van der Waals surface area contributed by atoms with Crippen LogP contribution in [0.1, 0.15) is 21.7 Å². The van der Waals surface area contributed by atoms with Gasteiger partial charge in [-0.15, -0.1) is 0 Å². The smallest absolute Gasteiger partial charge is 0.354 e. The predicted octanol–water partition coefficient (Wildman–Crippen LogP) is 3.70. The Bertz CT molecular complexity index is 1230. The topological polar surface area (TPSA) is 88.9 Å². The molecule has 4 heterocycles. The first-order chi connectivity index (χ1) is 14.2. The highest BCUT2D eigenvalue weighted by atomic mass is 16.4. The molecule has 0 aromatic carbocycles. The summed E-state index contributed by atoms with van der Waals surface area (Å²) >= 11 is 0. The van der Waals surface area contributed by atoms with Crippen LogP contribution in [0.2, 0.25) is 0 Å². The number of pyridine rings is 4. The average Bonchev–Trinajstić information content (AvgIpc) is 2.79. The molecule has 6 nitrogen and oxygen atoms in total. The van der Waals surface area contributed by atoms with Gasteiger partial charge in [-0.1, -0.05) is 24.1 Å². The fourth-order valence-corrected chi connectivity index (χ4v) is 2.66. The van der Waals surface area contributed by atoms with E-state index in [1.165, 1.54) is 6.07 Å². The Morgan fingerprint density at radius 3 is 2.07 bits per heavy atom. The summed E-state index contributed by atoms with van der Waals surface area (Å²) in [4.78, 5) is 28.7. The van der Waals surface area contributed by atoms with Crippen LogP contribution in [0, 0.1) is 11.8 Å². The molecule has 0 saturated heterocycles. The van der Waals surface area contributed by atoms with Crippen LogP contribution in [0.25, 0.3) is 22.8 Å². The van der Waals surface area contributed by atoms with Gasteiger partial charge in [0.2, 0.25) is 0 Å².